The van der Waals surface area contributed by atoms with Crippen molar-refractivity contribution in [2.24, 2.45) is 5.92 Å². The molecule has 3 nitrogen and oxygen atoms in total. The van der Waals surface area contributed by atoms with Gasteiger partial charge in [-0.2, -0.15) is 0 Å². The van der Waals surface area contributed by atoms with Gasteiger partial charge in [0.25, 0.3) is 0 Å². The van der Waals surface area contributed by atoms with Gasteiger partial charge in [-0.05, 0) is 33.2 Å². The summed E-state index contributed by atoms with van der Waals surface area (Å²) < 4.78 is 5.33. The van der Waals surface area contributed by atoms with Gasteiger partial charge in [-0.25, -0.2) is 0 Å². The van der Waals surface area contributed by atoms with Gasteiger partial charge in [0.1, 0.15) is 0 Å². The quantitative estimate of drug-likeness (QED) is 0.699. The SMILES string of the molecule is CCOCCN[C@H]1C[C@H](C)N(C)C[C@@H]1C. The van der Waals surface area contributed by atoms with Crippen LogP contribution in [0.2, 0.25) is 0 Å². The van der Waals surface area contributed by atoms with E-state index in [1.54, 1.807) is 0 Å². The Kier molecular flexibility index (Phi) is 5.58. The Hall–Kier alpha value is -0.120. The molecule has 1 N–H and O–H groups in total. The highest BCUT2D eigenvalue weighted by Gasteiger charge is 2.28. The van der Waals surface area contributed by atoms with E-state index in [0.717, 1.165) is 25.7 Å². The van der Waals surface area contributed by atoms with Crippen LogP contribution in [0.5, 0.6) is 0 Å². The van der Waals surface area contributed by atoms with Crippen LogP contribution in [0.1, 0.15) is 27.2 Å². The average molecular weight is 214 g/mol. The smallest absolute Gasteiger partial charge is 0.0590 e. The molecule has 90 valence electrons. The van der Waals surface area contributed by atoms with E-state index in [-0.39, 0.29) is 0 Å². The molecule has 1 aliphatic heterocycles. The lowest BCUT2D eigenvalue weighted by molar-refractivity contribution is 0.107. The summed E-state index contributed by atoms with van der Waals surface area (Å²) in [6.45, 7) is 10.5. The van der Waals surface area contributed by atoms with E-state index in [1.807, 2.05) is 6.92 Å². The van der Waals surface area contributed by atoms with E-state index in [4.69, 9.17) is 4.74 Å². The Morgan fingerprint density at radius 3 is 2.80 bits per heavy atom. The van der Waals surface area contributed by atoms with E-state index in [0.29, 0.717) is 12.1 Å². The van der Waals surface area contributed by atoms with E-state index >= 15 is 0 Å². The summed E-state index contributed by atoms with van der Waals surface area (Å²) in [5.41, 5.74) is 0. The van der Waals surface area contributed by atoms with E-state index in [1.165, 1.54) is 13.0 Å². The lowest BCUT2D eigenvalue weighted by atomic mass is 9.90. The summed E-state index contributed by atoms with van der Waals surface area (Å²) in [5.74, 6) is 0.743. The molecule has 15 heavy (non-hydrogen) atoms. The molecule has 1 saturated heterocycles. The number of nitrogens with one attached hydrogen (secondary N) is 1. The number of hydrogen-bond donors (Lipinski definition) is 1. The molecule has 0 radical (unpaired) electrons. The Morgan fingerprint density at radius 1 is 1.40 bits per heavy atom. The predicted molar refractivity (Wildman–Crippen MR) is 64.2 cm³/mol. The number of hydrogen-bond acceptors (Lipinski definition) is 3. The van der Waals surface area contributed by atoms with E-state index < -0.39 is 0 Å². The molecule has 1 aliphatic rings. The first-order valence-electron chi connectivity index (χ1n) is 6.16. The molecule has 1 fully saturated rings. The molecule has 3 heteroatoms. The van der Waals surface area contributed by atoms with Crippen molar-refractivity contribution in [3.63, 3.8) is 0 Å². The first-order chi connectivity index (χ1) is 7.15. The fraction of sp³-hybridized carbons (Fsp3) is 1.00. The Morgan fingerprint density at radius 2 is 2.13 bits per heavy atom. The van der Waals surface area contributed by atoms with Crippen molar-refractivity contribution in [3.8, 4) is 0 Å². The van der Waals surface area contributed by atoms with Crippen LogP contribution in [0, 0.1) is 5.92 Å². The normalized spacial score (nSPS) is 33.2. The summed E-state index contributed by atoms with van der Waals surface area (Å²) in [7, 11) is 2.22. The van der Waals surface area contributed by atoms with Gasteiger partial charge in [-0.3, -0.25) is 0 Å². The molecule has 3 atom stereocenters. The molecule has 0 bridgehead atoms. The van der Waals surface area contributed by atoms with Crippen LogP contribution in [0.25, 0.3) is 0 Å². The monoisotopic (exact) mass is 214 g/mol. The number of rotatable bonds is 5. The zero-order valence-corrected chi connectivity index (χ0v) is 10.6. The maximum absolute atomic E-state index is 5.33. The molecule has 0 aromatic rings. The highest BCUT2D eigenvalue weighted by Crippen LogP contribution is 2.20. The van der Waals surface area contributed by atoms with Gasteiger partial charge in [-0.15, -0.1) is 0 Å². The maximum atomic E-state index is 5.33. The predicted octanol–water partition coefficient (Wildman–Crippen LogP) is 1.34. The Labute approximate surface area is 94.2 Å². The molecule has 0 amide bonds. The summed E-state index contributed by atoms with van der Waals surface area (Å²) in [5, 5.41) is 3.61. The molecule has 0 aromatic heterocycles. The molecule has 0 unspecified atom stereocenters. The van der Waals surface area contributed by atoms with Crippen LogP contribution in [0.3, 0.4) is 0 Å². The number of piperidine rings is 1. The minimum atomic E-state index is 0.664. The van der Waals surface area contributed by atoms with Gasteiger partial charge in [0.2, 0.25) is 0 Å². The van der Waals surface area contributed by atoms with E-state index in [9.17, 15) is 0 Å². The second-order valence-corrected chi connectivity index (χ2v) is 4.76. The number of nitrogens with zero attached hydrogens (tertiary/aromatic N) is 1. The zero-order valence-electron chi connectivity index (χ0n) is 10.6. The van der Waals surface area contributed by atoms with Crippen LogP contribution >= 0.6 is 0 Å². The van der Waals surface area contributed by atoms with Gasteiger partial charge in [0.15, 0.2) is 0 Å². The lowest BCUT2D eigenvalue weighted by Gasteiger charge is -2.40. The van der Waals surface area contributed by atoms with E-state index in [2.05, 4.69) is 31.1 Å². The Balaban J connectivity index is 2.22. The topological polar surface area (TPSA) is 24.5 Å². The summed E-state index contributed by atoms with van der Waals surface area (Å²) in [4.78, 5) is 2.45. The van der Waals surface area contributed by atoms with Crippen molar-refractivity contribution < 1.29 is 4.74 Å². The second-order valence-electron chi connectivity index (χ2n) is 4.76. The summed E-state index contributed by atoms with van der Waals surface area (Å²) in [6, 6.07) is 1.36. The zero-order chi connectivity index (χ0) is 11.3. The molecule has 1 rings (SSSR count). The Bertz CT molecular complexity index is 175. The van der Waals surface area contributed by atoms with Crippen LogP contribution in [-0.4, -0.2) is 50.3 Å². The lowest BCUT2D eigenvalue weighted by Crippen LogP contribution is -2.51. The van der Waals surface area contributed by atoms with Gasteiger partial charge < -0.3 is 15.0 Å². The third kappa shape index (κ3) is 4.09. The molecule has 1 heterocycles. The third-order valence-electron chi connectivity index (χ3n) is 3.47. The minimum Gasteiger partial charge on any atom is -0.380 e. The van der Waals surface area contributed by atoms with Gasteiger partial charge in [-0.1, -0.05) is 6.92 Å². The maximum Gasteiger partial charge on any atom is 0.0590 e. The van der Waals surface area contributed by atoms with Crippen molar-refractivity contribution in [3.05, 3.63) is 0 Å². The fourth-order valence-electron chi connectivity index (χ4n) is 2.29. The second kappa shape index (κ2) is 6.46. The van der Waals surface area contributed by atoms with Crippen LogP contribution < -0.4 is 5.32 Å². The number of likely N-dealkylation sites (tertiary alicyclic amines) is 1. The van der Waals surface area contributed by atoms with Crippen LogP contribution in [-0.2, 0) is 4.74 Å². The fourth-order valence-corrected chi connectivity index (χ4v) is 2.29. The van der Waals surface area contributed by atoms with Crippen molar-refractivity contribution in [2.75, 3.05) is 33.4 Å². The first kappa shape index (κ1) is 12.9. The van der Waals surface area contributed by atoms with Crippen LogP contribution in [0.4, 0.5) is 0 Å². The molecular formula is C12H26N2O. The average Bonchev–Trinajstić information content (AvgIpc) is 2.20. The highest BCUT2D eigenvalue weighted by atomic mass is 16.5. The first-order valence-corrected chi connectivity index (χ1v) is 6.16. The highest BCUT2D eigenvalue weighted by molar-refractivity contribution is 4.85. The van der Waals surface area contributed by atoms with Crippen molar-refractivity contribution >= 4 is 0 Å². The number of ether oxygens (including phenoxy) is 1. The summed E-state index contributed by atoms with van der Waals surface area (Å²) >= 11 is 0. The van der Waals surface area contributed by atoms with Gasteiger partial charge in [0.05, 0.1) is 6.61 Å². The standard InChI is InChI=1S/C12H26N2O/c1-5-15-7-6-13-12-8-11(3)14(4)9-10(12)2/h10-13H,5-9H2,1-4H3/t10-,11-,12-/m0/s1. The third-order valence-corrected chi connectivity index (χ3v) is 3.47. The van der Waals surface area contributed by atoms with Gasteiger partial charge >= 0.3 is 0 Å². The van der Waals surface area contributed by atoms with Crippen molar-refractivity contribution in [2.45, 2.75) is 39.3 Å². The molecule has 0 aromatic carbocycles. The largest absolute Gasteiger partial charge is 0.380 e. The summed E-state index contributed by atoms with van der Waals surface area (Å²) in [6.07, 6.45) is 1.25. The van der Waals surface area contributed by atoms with Crippen molar-refractivity contribution in [1.29, 1.82) is 0 Å². The van der Waals surface area contributed by atoms with Gasteiger partial charge in [0, 0.05) is 31.8 Å². The molecule has 0 saturated carbocycles. The van der Waals surface area contributed by atoms with Crippen molar-refractivity contribution in [1.82, 2.24) is 10.2 Å². The van der Waals surface area contributed by atoms with Crippen LogP contribution in [0.15, 0.2) is 0 Å². The molecule has 0 spiro atoms. The minimum absolute atomic E-state index is 0.664. The molecular weight excluding hydrogens is 188 g/mol. The molecule has 0 aliphatic carbocycles.